The van der Waals surface area contributed by atoms with E-state index in [2.05, 4.69) is 0 Å². The predicted molar refractivity (Wildman–Crippen MR) is 87.0 cm³/mol. The summed E-state index contributed by atoms with van der Waals surface area (Å²) in [4.78, 5) is 22.6. The zero-order chi connectivity index (χ0) is 17.5. The molecule has 136 valence electrons. The zero-order valence-electron chi connectivity index (χ0n) is 14.2. The predicted octanol–water partition coefficient (Wildman–Crippen LogP) is 0.724. The molecule has 0 aromatic heterocycles. The summed E-state index contributed by atoms with van der Waals surface area (Å²) in [5.41, 5.74) is 0.371. The number of allylic oxidation sites excluding steroid dienone is 3. The number of rotatable bonds is 15. The molecule has 0 saturated carbocycles. The topological polar surface area (TPSA) is 80.3 Å². The Morgan fingerprint density at radius 3 is 1.75 bits per heavy atom. The van der Waals surface area contributed by atoms with Gasteiger partial charge in [-0.1, -0.05) is 0 Å². The van der Waals surface area contributed by atoms with E-state index in [4.69, 9.17) is 23.7 Å². The summed E-state index contributed by atoms with van der Waals surface area (Å²) >= 11 is 0. The first kappa shape index (κ1) is 20.7. The number of ether oxygens (including phenoxy) is 5. The van der Waals surface area contributed by atoms with Crippen molar-refractivity contribution in [2.24, 2.45) is 0 Å². The Bertz CT molecular complexity index is 429. The molecular formula is C17H26O7. The maximum absolute atomic E-state index is 11.5. The average molecular weight is 342 g/mol. The van der Waals surface area contributed by atoms with E-state index in [1.54, 1.807) is 0 Å². The van der Waals surface area contributed by atoms with E-state index in [0.717, 1.165) is 0 Å². The first-order valence-corrected chi connectivity index (χ1v) is 8.09. The average Bonchev–Trinajstić information content (AvgIpc) is 2.58. The van der Waals surface area contributed by atoms with Crippen molar-refractivity contribution < 1.29 is 33.3 Å². The van der Waals surface area contributed by atoms with Crippen LogP contribution in [-0.2, 0) is 33.3 Å². The summed E-state index contributed by atoms with van der Waals surface area (Å²) in [6.07, 6.45) is 3.81. The highest BCUT2D eigenvalue weighted by atomic mass is 16.6. The summed E-state index contributed by atoms with van der Waals surface area (Å²) in [6, 6.07) is 0. The van der Waals surface area contributed by atoms with E-state index in [1.165, 1.54) is 18.2 Å². The van der Waals surface area contributed by atoms with Gasteiger partial charge in [0.2, 0.25) is 0 Å². The van der Waals surface area contributed by atoms with Crippen LogP contribution in [0.5, 0.6) is 0 Å². The van der Waals surface area contributed by atoms with Crippen molar-refractivity contribution in [2.45, 2.75) is 6.92 Å². The molecule has 0 unspecified atom stereocenters. The number of carbonyl (C=O) groups is 2. The Kier molecular flexibility index (Phi) is 12.1. The van der Waals surface area contributed by atoms with Gasteiger partial charge in [0.25, 0.3) is 0 Å². The maximum atomic E-state index is 11.5. The lowest BCUT2D eigenvalue weighted by molar-refractivity contribution is -0.115. The summed E-state index contributed by atoms with van der Waals surface area (Å²) in [5, 5.41) is 0. The van der Waals surface area contributed by atoms with Crippen LogP contribution in [-0.4, -0.2) is 77.6 Å². The molecule has 24 heavy (non-hydrogen) atoms. The summed E-state index contributed by atoms with van der Waals surface area (Å²) in [7, 11) is 0. The molecule has 0 radical (unpaired) electrons. The van der Waals surface area contributed by atoms with Gasteiger partial charge in [-0.2, -0.15) is 0 Å². The van der Waals surface area contributed by atoms with E-state index < -0.39 is 0 Å². The molecule has 0 saturated heterocycles. The highest BCUT2D eigenvalue weighted by molar-refractivity contribution is 6.17. The van der Waals surface area contributed by atoms with Gasteiger partial charge in [0.05, 0.1) is 59.5 Å². The third kappa shape index (κ3) is 10.4. The second-order valence-corrected chi connectivity index (χ2v) is 4.86. The summed E-state index contributed by atoms with van der Waals surface area (Å²) in [6.45, 7) is 6.69. The van der Waals surface area contributed by atoms with Crippen molar-refractivity contribution in [2.75, 3.05) is 66.1 Å². The van der Waals surface area contributed by atoms with Gasteiger partial charge >= 0.3 is 0 Å². The maximum Gasteiger partial charge on any atom is 0.184 e. The Morgan fingerprint density at radius 2 is 1.21 bits per heavy atom. The van der Waals surface area contributed by atoms with Crippen LogP contribution in [0.25, 0.3) is 0 Å². The van der Waals surface area contributed by atoms with Crippen LogP contribution >= 0.6 is 0 Å². The van der Waals surface area contributed by atoms with Crippen LogP contribution in [0.1, 0.15) is 6.92 Å². The minimum absolute atomic E-state index is 0.119. The third-order valence-electron chi connectivity index (χ3n) is 2.98. The van der Waals surface area contributed by atoms with Crippen molar-refractivity contribution in [3.8, 4) is 0 Å². The second kappa shape index (κ2) is 14.0. The molecule has 0 aromatic rings. The van der Waals surface area contributed by atoms with Gasteiger partial charge in [-0.15, -0.1) is 0 Å². The van der Waals surface area contributed by atoms with Crippen LogP contribution < -0.4 is 0 Å². The number of hydrogen-bond acceptors (Lipinski definition) is 7. The molecule has 1 aliphatic carbocycles. The quantitative estimate of drug-likeness (QED) is 0.320. The lowest BCUT2D eigenvalue weighted by atomic mass is 10.1. The molecule has 7 heteroatoms. The van der Waals surface area contributed by atoms with Gasteiger partial charge in [0, 0.05) is 12.2 Å². The number of carbonyl (C=O) groups excluding carboxylic acids is 2. The minimum atomic E-state index is -0.191. The van der Waals surface area contributed by atoms with Gasteiger partial charge < -0.3 is 23.7 Å². The Hall–Kier alpha value is -1.38. The highest BCUT2D eigenvalue weighted by Gasteiger charge is 2.12. The lowest BCUT2D eigenvalue weighted by Crippen LogP contribution is -2.16. The molecule has 7 nitrogen and oxygen atoms in total. The Balaban J connectivity index is 1.83. The van der Waals surface area contributed by atoms with Crippen molar-refractivity contribution >= 4 is 11.6 Å². The fourth-order valence-corrected chi connectivity index (χ4v) is 1.77. The molecule has 0 aromatic carbocycles. The fraction of sp³-hybridized carbons (Fsp3) is 0.647. The van der Waals surface area contributed by atoms with Crippen LogP contribution in [0, 0.1) is 0 Å². The van der Waals surface area contributed by atoms with Crippen LogP contribution in [0.3, 0.4) is 0 Å². The largest absolute Gasteiger partial charge is 0.379 e. The molecule has 0 N–H and O–H groups in total. The minimum Gasteiger partial charge on any atom is -0.379 e. The van der Waals surface area contributed by atoms with E-state index in [9.17, 15) is 9.59 Å². The molecule has 1 aliphatic rings. The molecule has 0 fully saturated rings. The number of ketones is 2. The highest BCUT2D eigenvalue weighted by Crippen LogP contribution is 2.05. The standard InChI is InChI=1S/C17H26O7/c1-2-20-5-6-21-7-8-22-9-10-23-11-12-24-14-15-13-16(18)3-4-17(15)19/h3-4,13H,2,5-12,14H2,1H3. The Labute approximate surface area is 142 Å². The van der Waals surface area contributed by atoms with Crippen LogP contribution in [0.15, 0.2) is 23.8 Å². The van der Waals surface area contributed by atoms with Gasteiger partial charge in [0.15, 0.2) is 11.6 Å². The van der Waals surface area contributed by atoms with Crippen molar-refractivity contribution in [1.29, 1.82) is 0 Å². The van der Waals surface area contributed by atoms with E-state index in [1.807, 2.05) is 6.92 Å². The van der Waals surface area contributed by atoms with Gasteiger partial charge in [-0.25, -0.2) is 0 Å². The lowest BCUT2D eigenvalue weighted by Gasteiger charge is -2.09. The fourth-order valence-electron chi connectivity index (χ4n) is 1.77. The van der Waals surface area contributed by atoms with Crippen molar-refractivity contribution in [3.05, 3.63) is 23.8 Å². The molecule has 0 heterocycles. The smallest absolute Gasteiger partial charge is 0.184 e. The van der Waals surface area contributed by atoms with Gasteiger partial charge in [0.1, 0.15) is 0 Å². The monoisotopic (exact) mass is 342 g/mol. The van der Waals surface area contributed by atoms with E-state index in [0.29, 0.717) is 65.0 Å². The Morgan fingerprint density at radius 1 is 0.708 bits per heavy atom. The number of hydrogen-bond donors (Lipinski definition) is 0. The summed E-state index contributed by atoms with van der Waals surface area (Å²) < 4.78 is 26.4. The zero-order valence-corrected chi connectivity index (χ0v) is 14.2. The van der Waals surface area contributed by atoms with Crippen LogP contribution in [0.4, 0.5) is 0 Å². The van der Waals surface area contributed by atoms with Gasteiger partial charge in [-0.3, -0.25) is 9.59 Å². The SMILES string of the molecule is CCOCCOCCOCCOCCOCC1=CC(=O)C=CC1=O. The molecule has 1 rings (SSSR count). The van der Waals surface area contributed by atoms with Crippen molar-refractivity contribution in [1.82, 2.24) is 0 Å². The molecule has 0 amide bonds. The molecule has 0 atom stereocenters. The molecule has 0 aliphatic heterocycles. The van der Waals surface area contributed by atoms with Crippen LogP contribution in [0.2, 0.25) is 0 Å². The third-order valence-corrected chi connectivity index (χ3v) is 2.98. The normalized spacial score (nSPS) is 14.3. The summed E-state index contributed by atoms with van der Waals surface area (Å²) in [5.74, 6) is -0.379. The van der Waals surface area contributed by atoms with E-state index >= 15 is 0 Å². The first-order valence-electron chi connectivity index (χ1n) is 8.09. The molecule has 0 bridgehead atoms. The first-order chi connectivity index (χ1) is 11.7. The molecular weight excluding hydrogens is 316 g/mol. The van der Waals surface area contributed by atoms with E-state index in [-0.39, 0.29) is 18.2 Å². The molecule has 0 spiro atoms. The second-order valence-electron chi connectivity index (χ2n) is 4.86. The van der Waals surface area contributed by atoms with Crippen molar-refractivity contribution in [3.63, 3.8) is 0 Å². The van der Waals surface area contributed by atoms with Gasteiger partial charge in [-0.05, 0) is 25.2 Å².